The lowest BCUT2D eigenvalue weighted by Crippen LogP contribution is -2.45. The van der Waals surface area contributed by atoms with Crippen molar-refractivity contribution in [1.29, 1.82) is 0 Å². The highest BCUT2D eigenvalue weighted by atomic mass is 16.6. The van der Waals surface area contributed by atoms with Crippen molar-refractivity contribution < 1.29 is 23.8 Å². The van der Waals surface area contributed by atoms with E-state index in [0.29, 0.717) is 19.6 Å². The zero-order chi connectivity index (χ0) is 21.3. The third-order valence-corrected chi connectivity index (χ3v) is 5.00. The minimum atomic E-state index is -0.890. The molecule has 1 atom stereocenters. The molecule has 1 N–H and O–H groups in total. The number of carbonyl (C=O) groups excluding carboxylic acids is 2. The first-order valence-electron chi connectivity index (χ1n) is 10.5. The molecule has 30 heavy (non-hydrogen) atoms. The van der Waals surface area contributed by atoms with Crippen LogP contribution in [0.25, 0.3) is 11.1 Å². The third kappa shape index (κ3) is 5.19. The molecule has 0 saturated heterocycles. The van der Waals surface area contributed by atoms with Gasteiger partial charge in [0, 0.05) is 12.5 Å². The zero-order valence-corrected chi connectivity index (χ0v) is 17.6. The number of ether oxygens (including phenoxy) is 3. The van der Waals surface area contributed by atoms with E-state index in [1.54, 1.807) is 0 Å². The van der Waals surface area contributed by atoms with E-state index in [1.807, 2.05) is 38.1 Å². The molecule has 0 saturated carbocycles. The molecule has 0 aliphatic heterocycles. The van der Waals surface area contributed by atoms with Crippen LogP contribution in [0.1, 0.15) is 43.7 Å². The molecule has 0 bridgehead atoms. The van der Waals surface area contributed by atoms with E-state index < -0.39 is 18.1 Å². The predicted octanol–water partition coefficient (Wildman–Crippen LogP) is 4.27. The van der Waals surface area contributed by atoms with Crippen molar-refractivity contribution in [3.05, 3.63) is 59.7 Å². The van der Waals surface area contributed by atoms with E-state index in [-0.39, 0.29) is 19.1 Å². The van der Waals surface area contributed by atoms with Gasteiger partial charge in [-0.3, -0.25) is 0 Å². The van der Waals surface area contributed by atoms with Gasteiger partial charge in [-0.2, -0.15) is 0 Å². The van der Waals surface area contributed by atoms with Gasteiger partial charge in [0.1, 0.15) is 6.61 Å². The van der Waals surface area contributed by atoms with Crippen molar-refractivity contribution in [1.82, 2.24) is 5.32 Å². The lowest BCUT2D eigenvalue weighted by atomic mass is 9.98. The second-order valence-corrected chi connectivity index (χ2v) is 7.26. The third-order valence-electron chi connectivity index (χ3n) is 5.00. The van der Waals surface area contributed by atoms with Gasteiger partial charge in [0.2, 0.25) is 0 Å². The van der Waals surface area contributed by atoms with Crippen LogP contribution in [0.15, 0.2) is 48.5 Å². The van der Waals surface area contributed by atoms with Crippen LogP contribution in [0, 0.1) is 0 Å². The summed E-state index contributed by atoms with van der Waals surface area (Å²) >= 11 is 0. The summed E-state index contributed by atoms with van der Waals surface area (Å²) in [5.41, 5.74) is 4.60. The van der Waals surface area contributed by atoms with Gasteiger partial charge >= 0.3 is 12.1 Å². The van der Waals surface area contributed by atoms with Crippen molar-refractivity contribution >= 4 is 12.1 Å². The lowest BCUT2D eigenvalue weighted by Gasteiger charge is -2.19. The summed E-state index contributed by atoms with van der Waals surface area (Å²) in [5.74, 6) is -0.550. The predicted molar refractivity (Wildman–Crippen MR) is 114 cm³/mol. The number of hydrogen-bond donors (Lipinski definition) is 1. The summed E-state index contributed by atoms with van der Waals surface area (Å²) < 4.78 is 16.1. The molecule has 6 heteroatoms. The second-order valence-electron chi connectivity index (χ2n) is 7.26. The van der Waals surface area contributed by atoms with Crippen molar-refractivity contribution in [3.63, 3.8) is 0 Å². The largest absolute Gasteiger partial charge is 0.464 e. The van der Waals surface area contributed by atoms with E-state index in [2.05, 4.69) is 29.6 Å². The molecule has 160 valence electrons. The Morgan fingerprint density at radius 2 is 1.50 bits per heavy atom. The molecule has 1 aliphatic rings. The summed E-state index contributed by atoms with van der Waals surface area (Å²) in [5, 5.41) is 2.60. The molecular formula is C24H29NO5. The highest BCUT2D eigenvalue weighted by molar-refractivity contribution is 5.82. The number of esters is 1. The number of fused-ring (bicyclic) bond motifs is 3. The van der Waals surface area contributed by atoms with Crippen LogP contribution >= 0.6 is 0 Å². The van der Waals surface area contributed by atoms with Crippen LogP contribution in [0.3, 0.4) is 0 Å². The van der Waals surface area contributed by atoms with E-state index in [1.165, 1.54) is 0 Å². The maximum absolute atomic E-state index is 12.4. The molecule has 0 spiro atoms. The van der Waals surface area contributed by atoms with Crippen molar-refractivity contribution in [3.8, 4) is 11.1 Å². The summed E-state index contributed by atoms with van der Waals surface area (Å²) in [6, 6.07) is 15.4. The maximum atomic E-state index is 12.4. The van der Waals surface area contributed by atoms with Crippen LogP contribution in [0.4, 0.5) is 4.79 Å². The van der Waals surface area contributed by atoms with Gasteiger partial charge in [0.05, 0.1) is 13.2 Å². The van der Waals surface area contributed by atoms with Gasteiger partial charge in [-0.25, -0.2) is 9.59 Å². The highest BCUT2D eigenvalue weighted by Crippen LogP contribution is 2.44. The van der Waals surface area contributed by atoms with Gasteiger partial charge in [-0.15, -0.1) is 0 Å². The Morgan fingerprint density at radius 1 is 0.900 bits per heavy atom. The van der Waals surface area contributed by atoms with Gasteiger partial charge in [0.15, 0.2) is 6.04 Å². The number of amides is 1. The van der Waals surface area contributed by atoms with E-state index in [4.69, 9.17) is 14.2 Å². The molecule has 2 aromatic rings. The Labute approximate surface area is 177 Å². The molecule has 0 unspecified atom stereocenters. The first-order chi connectivity index (χ1) is 14.7. The standard InChI is InChI=1S/C24H29NO5/c1-3-13-28-16-22(23(26)29-14-4-2)25-24(27)30-15-21-19-11-7-5-9-17(19)18-10-6-8-12-20(18)21/h5-12,21-22H,3-4,13-16H2,1-2H3,(H,25,27)/t22-/m0/s1. The molecule has 0 radical (unpaired) electrons. The van der Waals surface area contributed by atoms with Gasteiger partial charge < -0.3 is 19.5 Å². The smallest absolute Gasteiger partial charge is 0.407 e. The Morgan fingerprint density at radius 3 is 2.10 bits per heavy atom. The highest BCUT2D eigenvalue weighted by Gasteiger charge is 2.30. The van der Waals surface area contributed by atoms with Crippen LogP contribution in [0.2, 0.25) is 0 Å². The molecule has 2 aromatic carbocycles. The van der Waals surface area contributed by atoms with Gasteiger partial charge in [0.25, 0.3) is 0 Å². The fraction of sp³-hybridized carbons (Fsp3) is 0.417. The molecule has 1 aliphatic carbocycles. The first-order valence-corrected chi connectivity index (χ1v) is 10.5. The molecule has 1 amide bonds. The number of hydrogen-bond acceptors (Lipinski definition) is 5. The minimum Gasteiger partial charge on any atom is -0.464 e. The molecule has 0 fully saturated rings. The Kier molecular flexibility index (Phi) is 7.85. The zero-order valence-electron chi connectivity index (χ0n) is 17.6. The molecule has 3 rings (SSSR count). The Bertz CT molecular complexity index is 821. The van der Waals surface area contributed by atoms with E-state index in [9.17, 15) is 9.59 Å². The molecule has 6 nitrogen and oxygen atoms in total. The Balaban J connectivity index is 1.63. The van der Waals surface area contributed by atoms with Crippen LogP contribution in [-0.2, 0) is 19.0 Å². The lowest BCUT2D eigenvalue weighted by molar-refractivity contribution is -0.147. The van der Waals surface area contributed by atoms with Gasteiger partial charge in [-0.05, 0) is 35.1 Å². The second kappa shape index (κ2) is 10.8. The summed E-state index contributed by atoms with van der Waals surface area (Å²) in [4.78, 5) is 24.7. The molecule has 0 heterocycles. The average Bonchev–Trinajstić information content (AvgIpc) is 3.09. The Hall–Kier alpha value is -2.86. The SMILES string of the molecule is CCCOC[C@H](NC(=O)OCC1c2ccccc2-c2ccccc21)C(=O)OCCC. The number of benzene rings is 2. The first kappa shape index (κ1) is 21.8. The topological polar surface area (TPSA) is 73.9 Å². The monoisotopic (exact) mass is 411 g/mol. The number of alkyl carbamates (subject to hydrolysis) is 1. The molecular weight excluding hydrogens is 382 g/mol. The van der Waals surface area contributed by atoms with Crippen LogP contribution in [0.5, 0.6) is 0 Å². The average molecular weight is 411 g/mol. The number of rotatable bonds is 10. The normalized spacial score (nSPS) is 13.3. The van der Waals surface area contributed by atoms with E-state index in [0.717, 1.165) is 28.7 Å². The molecule has 0 aromatic heterocycles. The number of nitrogens with one attached hydrogen (secondary N) is 1. The van der Waals surface area contributed by atoms with Crippen molar-refractivity contribution in [2.75, 3.05) is 26.4 Å². The summed E-state index contributed by atoms with van der Waals surface area (Å²) in [7, 11) is 0. The minimum absolute atomic E-state index is 0.0371. The van der Waals surface area contributed by atoms with Gasteiger partial charge in [-0.1, -0.05) is 62.4 Å². The van der Waals surface area contributed by atoms with Crippen LogP contribution < -0.4 is 5.32 Å². The van der Waals surface area contributed by atoms with Crippen molar-refractivity contribution in [2.45, 2.75) is 38.6 Å². The number of carbonyl (C=O) groups is 2. The summed E-state index contributed by atoms with van der Waals surface area (Å²) in [6.07, 6.45) is 0.872. The van der Waals surface area contributed by atoms with E-state index >= 15 is 0 Å². The fourth-order valence-electron chi connectivity index (χ4n) is 3.60. The van der Waals surface area contributed by atoms with Crippen LogP contribution in [-0.4, -0.2) is 44.5 Å². The fourth-order valence-corrected chi connectivity index (χ4v) is 3.60. The summed E-state index contributed by atoms with van der Waals surface area (Å²) in [6.45, 7) is 4.94. The van der Waals surface area contributed by atoms with Crippen molar-refractivity contribution in [2.24, 2.45) is 0 Å². The quantitative estimate of drug-likeness (QED) is 0.467. The maximum Gasteiger partial charge on any atom is 0.407 e.